The molecule has 5 rings (SSSR count). The number of nitrogens with one attached hydrogen (secondary N) is 2. The van der Waals surface area contributed by atoms with Crippen LogP contribution in [0, 0.1) is 0 Å². The molecule has 1 aromatic heterocycles. The maximum absolute atomic E-state index is 13.2. The Hall–Kier alpha value is -3.45. The molecule has 0 bridgehead atoms. The molecular formula is C28H30N4O2S. The van der Waals surface area contributed by atoms with Crippen LogP contribution in [0.15, 0.2) is 60.4 Å². The van der Waals surface area contributed by atoms with Crippen molar-refractivity contribution in [1.29, 1.82) is 0 Å². The number of thiocarbonyl (C=S) groups is 1. The normalized spacial score (nSPS) is 17.9. The molecule has 2 aromatic carbocycles. The van der Waals surface area contributed by atoms with Crippen molar-refractivity contribution in [2.24, 2.45) is 0 Å². The molecule has 0 atom stereocenters. The van der Waals surface area contributed by atoms with E-state index < -0.39 is 0 Å². The predicted octanol–water partition coefficient (Wildman–Crippen LogP) is 4.91. The van der Waals surface area contributed by atoms with E-state index in [0.717, 1.165) is 41.4 Å². The summed E-state index contributed by atoms with van der Waals surface area (Å²) in [6.45, 7) is 2.37. The number of para-hydroxylation sites is 2. The minimum Gasteiger partial charge on any atom is -0.352 e. The standard InChI is InChI=1S/C28H30N4O2S/c1-2-19-10-9-15-23-20(16-24-27(34)32(28(35)30-24)22-13-7-4-8-14-22)17-31(26(19)23)18-25(33)29-21-11-5-3-6-12-21/h4,7-10,13-17,21H,2-3,5-6,11-12,18H2,1H3,(H,29,33)(H,30,35)/b24-16-. The van der Waals surface area contributed by atoms with E-state index in [1.165, 1.54) is 29.7 Å². The number of fused-ring (bicyclic) bond motifs is 1. The van der Waals surface area contributed by atoms with Gasteiger partial charge in [-0.15, -0.1) is 0 Å². The molecule has 2 N–H and O–H groups in total. The predicted molar refractivity (Wildman–Crippen MR) is 144 cm³/mol. The van der Waals surface area contributed by atoms with Gasteiger partial charge in [-0.1, -0.05) is 62.6 Å². The SMILES string of the molecule is CCc1cccc2c(/C=C3\NC(=S)N(c4ccccc4)C3=O)cn(CC(=O)NC3CCCCC3)c12. The zero-order valence-corrected chi connectivity index (χ0v) is 20.7. The van der Waals surface area contributed by atoms with E-state index in [-0.39, 0.29) is 24.4 Å². The highest BCUT2D eigenvalue weighted by atomic mass is 32.1. The Bertz CT molecular complexity index is 1310. The minimum absolute atomic E-state index is 0.0328. The number of rotatable bonds is 6. The van der Waals surface area contributed by atoms with E-state index >= 15 is 0 Å². The molecule has 1 aliphatic heterocycles. The molecule has 2 aliphatic rings. The molecule has 180 valence electrons. The van der Waals surface area contributed by atoms with Crippen molar-refractivity contribution in [3.63, 3.8) is 0 Å². The lowest BCUT2D eigenvalue weighted by atomic mass is 9.95. The summed E-state index contributed by atoms with van der Waals surface area (Å²) in [6, 6.07) is 15.8. The molecule has 2 fully saturated rings. The van der Waals surface area contributed by atoms with Gasteiger partial charge in [-0.25, -0.2) is 0 Å². The molecule has 3 aromatic rings. The van der Waals surface area contributed by atoms with Crippen LogP contribution in [0.25, 0.3) is 17.0 Å². The van der Waals surface area contributed by atoms with E-state index in [1.54, 1.807) is 0 Å². The zero-order chi connectivity index (χ0) is 24.4. The van der Waals surface area contributed by atoms with Crippen molar-refractivity contribution in [3.8, 4) is 0 Å². The third kappa shape index (κ3) is 4.73. The molecule has 1 saturated carbocycles. The summed E-state index contributed by atoms with van der Waals surface area (Å²) in [4.78, 5) is 27.7. The van der Waals surface area contributed by atoms with Gasteiger partial charge in [0.15, 0.2) is 5.11 Å². The van der Waals surface area contributed by atoms with Crippen molar-refractivity contribution in [2.45, 2.75) is 58.0 Å². The minimum atomic E-state index is -0.191. The second-order valence-corrected chi connectivity index (χ2v) is 9.63. The van der Waals surface area contributed by atoms with Gasteiger partial charge in [-0.2, -0.15) is 0 Å². The number of aryl methyl sites for hydroxylation is 1. The topological polar surface area (TPSA) is 66.4 Å². The van der Waals surface area contributed by atoms with Crippen molar-refractivity contribution >= 4 is 51.8 Å². The molecule has 0 spiro atoms. The lowest BCUT2D eigenvalue weighted by Crippen LogP contribution is -2.38. The number of anilines is 1. The third-order valence-electron chi connectivity index (χ3n) is 6.87. The first-order valence-electron chi connectivity index (χ1n) is 12.4. The summed E-state index contributed by atoms with van der Waals surface area (Å²) in [5, 5.41) is 7.68. The van der Waals surface area contributed by atoms with E-state index in [4.69, 9.17) is 12.2 Å². The maximum atomic E-state index is 13.2. The highest BCUT2D eigenvalue weighted by Crippen LogP contribution is 2.29. The van der Waals surface area contributed by atoms with Gasteiger partial charge in [0.05, 0.1) is 11.2 Å². The number of nitrogens with zero attached hydrogens (tertiary/aromatic N) is 2. The first-order chi connectivity index (χ1) is 17.0. The molecule has 0 radical (unpaired) electrons. The average molecular weight is 487 g/mol. The fraction of sp³-hybridized carbons (Fsp3) is 0.321. The van der Waals surface area contributed by atoms with Crippen molar-refractivity contribution in [2.75, 3.05) is 4.90 Å². The van der Waals surface area contributed by atoms with Crippen LogP contribution >= 0.6 is 12.2 Å². The van der Waals surface area contributed by atoms with Gasteiger partial charge in [-0.3, -0.25) is 14.5 Å². The molecule has 2 amide bonds. The van der Waals surface area contributed by atoms with Gasteiger partial charge in [0.25, 0.3) is 5.91 Å². The van der Waals surface area contributed by atoms with Crippen molar-refractivity contribution < 1.29 is 9.59 Å². The summed E-state index contributed by atoms with van der Waals surface area (Å²) in [6.07, 6.45) is 10.4. The molecule has 35 heavy (non-hydrogen) atoms. The van der Waals surface area contributed by atoms with Gasteiger partial charge in [0, 0.05) is 23.2 Å². The Kier molecular flexibility index (Phi) is 6.68. The van der Waals surface area contributed by atoms with Gasteiger partial charge < -0.3 is 15.2 Å². The van der Waals surface area contributed by atoms with E-state index in [1.807, 2.05) is 59.3 Å². The molecule has 2 heterocycles. The highest BCUT2D eigenvalue weighted by Gasteiger charge is 2.32. The number of amides is 2. The molecule has 6 nitrogen and oxygen atoms in total. The van der Waals surface area contributed by atoms with Crippen molar-refractivity contribution in [1.82, 2.24) is 15.2 Å². The molecule has 0 unspecified atom stereocenters. The van der Waals surface area contributed by atoms with Crippen LogP contribution in [0.4, 0.5) is 5.69 Å². The van der Waals surface area contributed by atoms with Crippen LogP contribution in [-0.2, 0) is 22.6 Å². The molecule has 1 saturated heterocycles. The van der Waals surface area contributed by atoms with Gasteiger partial charge in [0.2, 0.25) is 5.91 Å². The summed E-state index contributed by atoms with van der Waals surface area (Å²) in [5.74, 6) is -0.158. The summed E-state index contributed by atoms with van der Waals surface area (Å²) in [5.41, 5.74) is 4.24. The van der Waals surface area contributed by atoms with E-state index in [9.17, 15) is 9.59 Å². The Morgan fingerprint density at radius 3 is 2.63 bits per heavy atom. The number of benzene rings is 2. The Morgan fingerprint density at radius 2 is 1.89 bits per heavy atom. The highest BCUT2D eigenvalue weighted by molar-refractivity contribution is 7.80. The number of carbonyl (C=O) groups excluding carboxylic acids is 2. The van der Waals surface area contributed by atoms with Crippen LogP contribution < -0.4 is 15.5 Å². The maximum Gasteiger partial charge on any atom is 0.281 e. The smallest absolute Gasteiger partial charge is 0.281 e. The van der Waals surface area contributed by atoms with Crippen LogP contribution in [0.2, 0.25) is 0 Å². The largest absolute Gasteiger partial charge is 0.352 e. The number of hydrogen-bond acceptors (Lipinski definition) is 3. The fourth-order valence-corrected chi connectivity index (χ4v) is 5.47. The average Bonchev–Trinajstić information content (AvgIpc) is 3.36. The third-order valence-corrected chi connectivity index (χ3v) is 7.15. The Balaban J connectivity index is 1.47. The second kappa shape index (κ2) is 10.0. The zero-order valence-electron chi connectivity index (χ0n) is 19.9. The Labute approximate surface area is 211 Å². The van der Waals surface area contributed by atoms with Gasteiger partial charge in [0.1, 0.15) is 12.2 Å². The summed E-state index contributed by atoms with van der Waals surface area (Å²) < 4.78 is 2.02. The van der Waals surface area contributed by atoms with Crippen LogP contribution in [0.5, 0.6) is 0 Å². The fourth-order valence-electron chi connectivity index (χ4n) is 5.17. The quantitative estimate of drug-likeness (QED) is 0.384. The van der Waals surface area contributed by atoms with Crippen molar-refractivity contribution in [3.05, 3.63) is 71.6 Å². The Morgan fingerprint density at radius 1 is 1.11 bits per heavy atom. The van der Waals surface area contributed by atoms with Crippen LogP contribution in [0.3, 0.4) is 0 Å². The first-order valence-corrected chi connectivity index (χ1v) is 12.8. The van der Waals surface area contributed by atoms with Gasteiger partial charge in [-0.05, 0) is 55.3 Å². The second-order valence-electron chi connectivity index (χ2n) is 9.25. The number of carbonyl (C=O) groups is 2. The summed E-state index contributed by atoms with van der Waals surface area (Å²) in [7, 11) is 0. The number of hydrogen-bond donors (Lipinski definition) is 2. The van der Waals surface area contributed by atoms with Gasteiger partial charge >= 0.3 is 0 Å². The molecule has 1 aliphatic carbocycles. The summed E-state index contributed by atoms with van der Waals surface area (Å²) >= 11 is 5.46. The molecular weight excluding hydrogens is 456 g/mol. The first kappa shape index (κ1) is 23.3. The molecule has 7 heteroatoms. The van der Waals surface area contributed by atoms with E-state index in [0.29, 0.717) is 10.8 Å². The van der Waals surface area contributed by atoms with Crippen LogP contribution in [0.1, 0.15) is 50.2 Å². The lowest BCUT2D eigenvalue weighted by Gasteiger charge is -2.23. The van der Waals surface area contributed by atoms with Crippen LogP contribution in [-0.4, -0.2) is 27.5 Å². The lowest BCUT2D eigenvalue weighted by molar-refractivity contribution is -0.122. The number of aromatic nitrogens is 1. The monoisotopic (exact) mass is 486 g/mol. The van der Waals surface area contributed by atoms with E-state index in [2.05, 4.69) is 23.6 Å².